The maximum absolute atomic E-state index is 12.0. The number of rotatable bonds is 4. The molecule has 0 atom stereocenters. The fourth-order valence-corrected chi connectivity index (χ4v) is 3.45. The molecule has 1 aliphatic rings. The van der Waals surface area contributed by atoms with Crippen molar-refractivity contribution in [1.82, 2.24) is 10.3 Å². The highest BCUT2D eigenvalue weighted by molar-refractivity contribution is 8.00. The molecule has 18 heavy (non-hydrogen) atoms. The average molecular weight is 285 g/mol. The second-order valence-corrected chi connectivity index (χ2v) is 6.31. The summed E-state index contributed by atoms with van der Waals surface area (Å²) in [6.45, 7) is 0.729. The second-order valence-electron chi connectivity index (χ2n) is 4.64. The number of nitrogens with one attached hydrogen (secondary N) is 1. The largest absolute Gasteiger partial charge is 0.351 e. The molecule has 0 aromatic carbocycles. The molecule has 1 amide bonds. The Morgan fingerprint density at radius 3 is 2.89 bits per heavy atom. The van der Waals surface area contributed by atoms with Gasteiger partial charge < -0.3 is 5.32 Å². The van der Waals surface area contributed by atoms with Gasteiger partial charge >= 0.3 is 0 Å². The van der Waals surface area contributed by atoms with E-state index in [2.05, 4.69) is 16.6 Å². The van der Waals surface area contributed by atoms with Gasteiger partial charge in [-0.2, -0.15) is 11.8 Å². The molecule has 1 fully saturated rings. The average Bonchev–Trinajstić information content (AvgIpc) is 2.85. The van der Waals surface area contributed by atoms with Gasteiger partial charge in [0.1, 0.15) is 5.15 Å². The summed E-state index contributed by atoms with van der Waals surface area (Å²) in [5.74, 6) is -0.0698. The zero-order valence-electron chi connectivity index (χ0n) is 10.4. The monoisotopic (exact) mass is 284 g/mol. The van der Waals surface area contributed by atoms with Crippen molar-refractivity contribution in [3.8, 4) is 0 Å². The van der Waals surface area contributed by atoms with E-state index in [9.17, 15) is 4.79 Å². The van der Waals surface area contributed by atoms with Crippen LogP contribution < -0.4 is 5.32 Å². The molecule has 1 saturated carbocycles. The highest BCUT2D eigenvalue weighted by Gasteiger charge is 2.33. The topological polar surface area (TPSA) is 42.0 Å². The highest BCUT2D eigenvalue weighted by Crippen LogP contribution is 2.39. The van der Waals surface area contributed by atoms with Crippen LogP contribution in [-0.2, 0) is 0 Å². The van der Waals surface area contributed by atoms with Crippen molar-refractivity contribution in [2.75, 3.05) is 12.8 Å². The van der Waals surface area contributed by atoms with E-state index in [0.29, 0.717) is 10.7 Å². The Morgan fingerprint density at radius 2 is 2.28 bits per heavy atom. The van der Waals surface area contributed by atoms with Crippen LogP contribution in [0.25, 0.3) is 0 Å². The van der Waals surface area contributed by atoms with Crippen LogP contribution in [0.4, 0.5) is 0 Å². The maximum atomic E-state index is 12.0. The van der Waals surface area contributed by atoms with Crippen molar-refractivity contribution in [1.29, 1.82) is 0 Å². The van der Waals surface area contributed by atoms with Gasteiger partial charge in [-0.3, -0.25) is 4.79 Å². The molecule has 2 rings (SSSR count). The molecule has 0 aliphatic heterocycles. The minimum atomic E-state index is -0.0698. The van der Waals surface area contributed by atoms with Crippen molar-refractivity contribution in [3.05, 3.63) is 29.0 Å². The lowest BCUT2D eigenvalue weighted by Gasteiger charge is -2.26. The lowest BCUT2D eigenvalue weighted by Crippen LogP contribution is -2.38. The predicted molar refractivity (Wildman–Crippen MR) is 76.3 cm³/mol. The Bertz CT molecular complexity index is 433. The van der Waals surface area contributed by atoms with Crippen molar-refractivity contribution < 1.29 is 4.79 Å². The molecule has 98 valence electrons. The summed E-state index contributed by atoms with van der Waals surface area (Å²) in [6, 6.07) is 3.28. The van der Waals surface area contributed by atoms with Crippen LogP contribution in [0.15, 0.2) is 18.3 Å². The molecule has 0 spiro atoms. The summed E-state index contributed by atoms with van der Waals surface area (Å²) >= 11 is 7.64. The molecule has 1 aromatic heterocycles. The van der Waals surface area contributed by atoms with Crippen LogP contribution in [0.1, 0.15) is 36.0 Å². The number of hydrogen-bond donors (Lipinski definition) is 1. The van der Waals surface area contributed by atoms with Gasteiger partial charge in [-0.25, -0.2) is 4.98 Å². The molecule has 1 aliphatic carbocycles. The molecule has 1 N–H and O–H groups in total. The van der Waals surface area contributed by atoms with Gasteiger partial charge in [0.25, 0.3) is 5.91 Å². The van der Waals surface area contributed by atoms with Crippen molar-refractivity contribution >= 4 is 29.3 Å². The van der Waals surface area contributed by atoms with E-state index < -0.39 is 0 Å². The summed E-state index contributed by atoms with van der Waals surface area (Å²) in [4.78, 5) is 15.9. The second kappa shape index (κ2) is 5.93. The molecule has 1 aromatic rings. The first kappa shape index (κ1) is 13.7. The number of carbonyl (C=O) groups is 1. The van der Waals surface area contributed by atoms with Gasteiger partial charge in [-0.15, -0.1) is 0 Å². The molecule has 0 unspecified atom stereocenters. The molecule has 0 saturated heterocycles. The summed E-state index contributed by atoms with van der Waals surface area (Å²) < 4.78 is 0.229. The van der Waals surface area contributed by atoms with Crippen LogP contribution in [0.2, 0.25) is 5.15 Å². The zero-order valence-corrected chi connectivity index (χ0v) is 12.0. The first-order valence-electron chi connectivity index (χ1n) is 6.10. The summed E-state index contributed by atoms with van der Waals surface area (Å²) in [7, 11) is 0. The Morgan fingerprint density at radius 1 is 1.56 bits per heavy atom. The number of pyridine rings is 1. The minimum absolute atomic E-state index is 0.0698. The van der Waals surface area contributed by atoms with Crippen LogP contribution >= 0.6 is 23.4 Å². The Balaban J connectivity index is 1.96. The number of hydrogen-bond acceptors (Lipinski definition) is 3. The quantitative estimate of drug-likeness (QED) is 0.864. The lowest BCUT2D eigenvalue weighted by molar-refractivity contribution is 0.0949. The van der Waals surface area contributed by atoms with Crippen molar-refractivity contribution in [3.63, 3.8) is 0 Å². The van der Waals surface area contributed by atoms with Crippen LogP contribution in [-0.4, -0.2) is 28.4 Å². The first-order chi connectivity index (χ1) is 8.65. The Kier molecular flexibility index (Phi) is 4.51. The number of aromatic nitrogens is 1. The zero-order chi connectivity index (χ0) is 13.0. The third-order valence-electron chi connectivity index (χ3n) is 3.51. The number of nitrogens with zero attached hydrogens (tertiary/aromatic N) is 1. The molecule has 3 nitrogen and oxygen atoms in total. The van der Waals surface area contributed by atoms with Gasteiger partial charge in [0.15, 0.2) is 0 Å². The van der Waals surface area contributed by atoms with Crippen LogP contribution in [0, 0.1) is 0 Å². The van der Waals surface area contributed by atoms with Gasteiger partial charge in [0.05, 0.1) is 0 Å². The third-order valence-corrected chi connectivity index (χ3v) is 5.13. The fourth-order valence-electron chi connectivity index (χ4n) is 2.36. The summed E-state index contributed by atoms with van der Waals surface area (Å²) in [6.07, 6.45) is 8.57. The molecule has 0 bridgehead atoms. The van der Waals surface area contributed by atoms with E-state index in [1.54, 1.807) is 18.3 Å². The predicted octanol–water partition coefficient (Wildman–Crippen LogP) is 3.14. The van der Waals surface area contributed by atoms with E-state index in [1.807, 2.05) is 11.8 Å². The number of carbonyl (C=O) groups excluding carboxylic acids is 1. The lowest BCUT2D eigenvalue weighted by atomic mass is 10.1. The van der Waals surface area contributed by atoms with E-state index in [1.165, 1.54) is 25.7 Å². The Hall–Kier alpha value is -0.740. The summed E-state index contributed by atoms with van der Waals surface area (Å²) in [5.41, 5.74) is 0.573. The third kappa shape index (κ3) is 3.18. The van der Waals surface area contributed by atoms with Crippen LogP contribution in [0.3, 0.4) is 0 Å². The number of halogens is 1. The molecule has 5 heteroatoms. The van der Waals surface area contributed by atoms with Gasteiger partial charge in [0.2, 0.25) is 0 Å². The van der Waals surface area contributed by atoms with Gasteiger partial charge in [-0.05, 0) is 31.2 Å². The van der Waals surface area contributed by atoms with E-state index in [4.69, 9.17) is 11.6 Å². The van der Waals surface area contributed by atoms with Crippen molar-refractivity contribution in [2.45, 2.75) is 30.4 Å². The SMILES string of the molecule is CSC1(CNC(=O)c2ccnc(Cl)c2)CCCC1. The van der Waals surface area contributed by atoms with Gasteiger partial charge in [-0.1, -0.05) is 24.4 Å². The molecular formula is C13H17ClN2OS. The molecular weight excluding hydrogens is 268 g/mol. The Labute approximate surface area is 117 Å². The standard InChI is InChI=1S/C13H17ClN2OS/c1-18-13(5-2-3-6-13)9-16-12(17)10-4-7-15-11(14)8-10/h4,7-8H,2-3,5-6,9H2,1H3,(H,16,17). The van der Waals surface area contributed by atoms with Crippen molar-refractivity contribution in [2.24, 2.45) is 0 Å². The van der Waals surface area contributed by atoms with E-state index in [0.717, 1.165) is 6.54 Å². The number of amides is 1. The van der Waals surface area contributed by atoms with E-state index in [-0.39, 0.29) is 10.7 Å². The van der Waals surface area contributed by atoms with Crippen LogP contribution in [0.5, 0.6) is 0 Å². The normalized spacial score (nSPS) is 17.7. The molecule has 0 radical (unpaired) electrons. The van der Waals surface area contributed by atoms with Gasteiger partial charge in [0, 0.05) is 23.1 Å². The minimum Gasteiger partial charge on any atom is -0.351 e. The highest BCUT2D eigenvalue weighted by atomic mass is 35.5. The molecule has 1 heterocycles. The smallest absolute Gasteiger partial charge is 0.251 e. The summed E-state index contributed by atoms with van der Waals surface area (Å²) in [5, 5.41) is 3.36. The number of thioether (sulfide) groups is 1. The maximum Gasteiger partial charge on any atom is 0.251 e. The first-order valence-corrected chi connectivity index (χ1v) is 7.70. The van der Waals surface area contributed by atoms with E-state index >= 15 is 0 Å². The fraction of sp³-hybridized carbons (Fsp3) is 0.538.